The lowest BCUT2D eigenvalue weighted by Gasteiger charge is -2.25. The molecule has 1 amide bonds. The van der Waals surface area contributed by atoms with Crippen LogP contribution in [0.3, 0.4) is 0 Å². The number of furan rings is 1. The number of nitrogens with zero attached hydrogens (tertiary/aromatic N) is 3. The van der Waals surface area contributed by atoms with Crippen LogP contribution in [-0.2, 0) is 0 Å². The van der Waals surface area contributed by atoms with Crippen LogP contribution in [0.2, 0.25) is 0 Å². The van der Waals surface area contributed by atoms with E-state index in [4.69, 9.17) is 8.94 Å². The standard InChI is InChI=1S/C24H23N3O3/c1-14-12-18(16(3)29-14)20-13-19(22-15(2)26-30-23(22)25-20)24(28)27-11-7-10-21(27)17-8-5-4-6-9-17/h4-6,8-9,12-13,21H,7,10-11H2,1-3H3/t21-/m0/s1. The summed E-state index contributed by atoms with van der Waals surface area (Å²) in [4.78, 5) is 20.4. The second kappa shape index (κ2) is 7.13. The van der Waals surface area contributed by atoms with E-state index in [1.165, 1.54) is 0 Å². The highest BCUT2D eigenvalue weighted by molar-refractivity contribution is 6.07. The molecule has 0 aliphatic carbocycles. The first-order valence-electron chi connectivity index (χ1n) is 10.2. The number of amides is 1. The Morgan fingerprint density at radius 2 is 1.93 bits per heavy atom. The molecule has 5 rings (SSSR count). The quantitative estimate of drug-likeness (QED) is 0.460. The summed E-state index contributed by atoms with van der Waals surface area (Å²) >= 11 is 0. The SMILES string of the molecule is Cc1cc(-c2cc(C(=O)N3CCC[C@H]3c3ccccc3)c3c(C)noc3n2)c(C)o1. The van der Waals surface area contributed by atoms with E-state index in [0.29, 0.717) is 28.1 Å². The molecule has 152 valence electrons. The van der Waals surface area contributed by atoms with Crippen molar-refractivity contribution in [1.82, 2.24) is 15.0 Å². The highest BCUT2D eigenvalue weighted by atomic mass is 16.5. The Hall–Kier alpha value is -3.41. The summed E-state index contributed by atoms with van der Waals surface area (Å²) in [7, 11) is 0. The summed E-state index contributed by atoms with van der Waals surface area (Å²) in [5.41, 5.74) is 4.31. The van der Waals surface area contributed by atoms with E-state index in [0.717, 1.165) is 42.0 Å². The lowest BCUT2D eigenvalue weighted by molar-refractivity contribution is 0.0737. The molecular weight excluding hydrogens is 378 g/mol. The van der Waals surface area contributed by atoms with E-state index in [9.17, 15) is 4.79 Å². The van der Waals surface area contributed by atoms with Crippen LogP contribution in [0.5, 0.6) is 0 Å². The number of aryl methyl sites for hydroxylation is 3. The third-order valence-electron chi connectivity index (χ3n) is 5.86. The molecule has 1 aromatic carbocycles. The van der Waals surface area contributed by atoms with Gasteiger partial charge < -0.3 is 13.8 Å². The van der Waals surface area contributed by atoms with E-state index in [-0.39, 0.29) is 11.9 Å². The molecule has 4 aromatic rings. The molecule has 0 unspecified atom stereocenters. The zero-order chi connectivity index (χ0) is 20.8. The topological polar surface area (TPSA) is 72.4 Å². The average molecular weight is 401 g/mol. The average Bonchev–Trinajstić information content (AvgIpc) is 3.46. The first kappa shape index (κ1) is 18.6. The fraction of sp³-hybridized carbons (Fsp3) is 0.292. The van der Waals surface area contributed by atoms with Gasteiger partial charge in [0.05, 0.1) is 28.4 Å². The molecule has 0 bridgehead atoms. The number of fused-ring (bicyclic) bond motifs is 1. The summed E-state index contributed by atoms with van der Waals surface area (Å²) in [6, 6.07) is 14.1. The molecule has 1 aliphatic rings. The molecule has 3 aromatic heterocycles. The predicted molar refractivity (Wildman–Crippen MR) is 113 cm³/mol. The van der Waals surface area contributed by atoms with Crippen LogP contribution in [0.25, 0.3) is 22.4 Å². The third-order valence-corrected chi connectivity index (χ3v) is 5.86. The summed E-state index contributed by atoms with van der Waals surface area (Å²) in [6.07, 6.45) is 1.94. The van der Waals surface area contributed by atoms with Crippen molar-refractivity contribution in [3.05, 3.63) is 70.8 Å². The number of carbonyl (C=O) groups is 1. The van der Waals surface area contributed by atoms with Gasteiger partial charge in [0, 0.05) is 12.1 Å². The van der Waals surface area contributed by atoms with E-state index in [2.05, 4.69) is 22.3 Å². The van der Waals surface area contributed by atoms with Gasteiger partial charge in [0.2, 0.25) is 0 Å². The molecule has 6 nitrogen and oxygen atoms in total. The van der Waals surface area contributed by atoms with Crippen molar-refractivity contribution in [2.75, 3.05) is 6.54 Å². The van der Waals surface area contributed by atoms with E-state index < -0.39 is 0 Å². The monoisotopic (exact) mass is 401 g/mol. The van der Waals surface area contributed by atoms with Gasteiger partial charge in [-0.2, -0.15) is 0 Å². The molecule has 1 atom stereocenters. The lowest BCUT2D eigenvalue weighted by Crippen LogP contribution is -2.30. The Morgan fingerprint density at radius 3 is 2.67 bits per heavy atom. The van der Waals surface area contributed by atoms with E-state index >= 15 is 0 Å². The highest BCUT2D eigenvalue weighted by Gasteiger charge is 2.32. The number of pyridine rings is 1. The summed E-state index contributed by atoms with van der Waals surface area (Å²) < 4.78 is 11.1. The molecule has 6 heteroatoms. The fourth-order valence-electron chi connectivity index (χ4n) is 4.47. The summed E-state index contributed by atoms with van der Waals surface area (Å²) in [5.74, 6) is 1.55. The molecule has 1 aliphatic heterocycles. The minimum atomic E-state index is -0.0147. The number of carbonyl (C=O) groups excluding carboxylic acids is 1. The van der Waals surface area contributed by atoms with Gasteiger partial charge in [0.15, 0.2) is 0 Å². The van der Waals surface area contributed by atoms with Gasteiger partial charge in [-0.3, -0.25) is 4.79 Å². The van der Waals surface area contributed by atoms with Crippen LogP contribution >= 0.6 is 0 Å². The zero-order valence-corrected chi connectivity index (χ0v) is 17.3. The van der Waals surface area contributed by atoms with Crippen molar-refractivity contribution in [3.8, 4) is 11.3 Å². The van der Waals surface area contributed by atoms with Crippen molar-refractivity contribution in [2.24, 2.45) is 0 Å². The number of hydrogen-bond acceptors (Lipinski definition) is 5. The van der Waals surface area contributed by atoms with Crippen LogP contribution < -0.4 is 0 Å². The first-order valence-corrected chi connectivity index (χ1v) is 10.2. The Kier molecular flexibility index (Phi) is 4.42. The van der Waals surface area contributed by atoms with Gasteiger partial charge in [-0.25, -0.2) is 4.98 Å². The molecule has 1 saturated heterocycles. The third kappa shape index (κ3) is 3.00. The van der Waals surface area contributed by atoms with Crippen molar-refractivity contribution < 1.29 is 13.7 Å². The Labute approximate surface area is 174 Å². The zero-order valence-electron chi connectivity index (χ0n) is 17.3. The minimum absolute atomic E-state index is 0.0147. The van der Waals surface area contributed by atoms with Gasteiger partial charge in [0.25, 0.3) is 11.6 Å². The second-order valence-electron chi connectivity index (χ2n) is 7.90. The smallest absolute Gasteiger partial charge is 0.259 e. The Balaban J connectivity index is 1.63. The number of rotatable bonds is 3. The van der Waals surface area contributed by atoms with Crippen LogP contribution in [0.15, 0.2) is 51.4 Å². The number of hydrogen-bond donors (Lipinski definition) is 0. The van der Waals surface area contributed by atoms with Gasteiger partial charge in [-0.05, 0) is 51.3 Å². The summed E-state index contributed by atoms with van der Waals surface area (Å²) in [6.45, 7) is 6.36. The molecule has 4 heterocycles. The number of benzene rings is 1. The van der Waals surface area contributed by atoms with Crippen molar-refractivity contribution >= 4 is 17.0 Å². The number of aromatic nitrogens is 2. The first-order chi connectivity index (χ1) is 14.5. The predicted octanol–water partition coefficient (Wildman–Crippen LogP) is 5.39. The molecule has 30 heavy (non-hydrogen) atoms. The van der Waals surface area contributed by atoms with Crippen LogP contribution in [0.1, 0.15) is 52.0 Å². The maximum atomic E-state index is 13.8. The fourth-order valence-corrected chi connectivity index (χ4v) is 4.47. The summed E-state index contributed by atoms with van der Waals surface area (Å²) in [5, 5.41) is 4.75. The Morgan fingerprint density at radius 1 is 1.13 bits per heavy atom. The molecular formula is C24H23N3O3. The largest absolute Gasteiger partial charge is 0.466 e. The van der Waals surface area contributed by atoms with Crippen molar-refractivity contribution in [1.29, 1.82) is 0 Å². The van der Waals surface area contributed by atoms with E-state index in [1.807, 2.05) is 56.0 Å². The van der Waals surface area contributed by atoms with E-state index in [1.54, 1.807) is 0 Å². The Bertz CT molecular complexity index is 1240. The molecule has 0 N–H and O–H groups in total. The maximum absolute atomic E-state index is 13.8. The van der Waals surface area contributed by atoms with Crippen LogP contribution in [0, 0.1) is 20.8 Å². The maximum Gasteiger partial charge on any atom is 0.259 e. The molecule has 0 radical (unpaired) electrons. The van der Waals surface area contributed by atoms with Crippen molar-refractivity contribution in [3.63, 3.8) is 0 Å². The van der Waals surface area contributed by atoms with Crippen LogP contribution in [-0.4, -0.2) is 27.5 Å². The van der Waals surface area contributed by atoms with Gasteiger partial charge >= 0.3 is 0 Å². The van der Waals surface area contributed by atoms with Gasteiger partial charge in [0.1, 0.15) is 11.5 Å². The second-order valence-corrected chi connectivity index (χ2v) is 7.90. The highest BCUT2D eigenvalue weighted by Crippen LogP contribution is 2.36. The van der Waals surface area contributed by atoms with Crippen molar-refractivity contribution in [2.45, 2.75) is 39.7 Å². The molecule has 0 saturated carbocycles. The molecule has 0 spiro atoms. The molecule has 1 fully saturated rings. The normalized spacial score (nSPS) is 16.5. The van der Waals surface area contributed by atoms with Gasteiger partial charge in [-0.15, -0.1) is 0 Å². The minimum Gasteiger partial charge on any atom is -0.466 e. The lowest BCUT2D eigenvalue weighted by atomic mass is 10.0. The van der Waals surface area contributed by atoms with Crippen LogP contribution in [0.4, 0.5) is 0 Å². The van der Waals surface area contributed by atoms with Gasteiger partial charge in [-0.1, -0.05) is 35.5 Å². The number of likely N-dealkylation sites (tertiary alicyclic amines) is 1.